The number of aromatic nitrogens is 2. The van der Waals surface area contributed by atoms with E-state index in [4.69, 9.17) is 9.72 Å². The van der Waals surface area contributed by atoms with Crippen molar-refractivity contribution in [2.75, 3.05) is 45.3 Å². The molecular formula is C27H41N5O2. The van der Waals surface area contributed by atoms with Crippen LogP contribution in [0.4, 0.5) is 5.82 Å². The molecule has 0 bridgehead atoms. The molecule has 1 N–H and O–H groups in total. The Kier molecular flexibility index (Phi) is 10.7. The van der Waals surface area contributed by atoms with Gasteiger partial charge in [0.1, 0.15) is 11.9 Å². The summed E-state index contributed by atoms with van der Waals surface area (Å²) in [6, 6.07) is 10.3. The summed E-state index contributed by atoms with van der Waals surface area (Å²) in [4.78, 5) is 24.6. The van der Waals surface area contributed by atoms with Crippen LogP contribution in [0.25, 0.3) is 0 Å². The number of nitriles is 1. The monoisotopic (exact) mass is 467 g/mol. The van der Waals surface area contributed by atoms with E-state index in [1.54, 1.807) is 7.11 Å². The Labute approximate surface area is 204 Å². The van der Waals surface area contributed by atoms with Crippen LogP contribution in [-0.4, -0.2) is 55.3 Å². The lowest BCUT2D eigenvalue weighted by Crippen LogP contribution is -2.39. The van der Waals surface area contributed by atoms with Crippen molar-refractivity contribution in [1.82, 2.24) is 14.9 Å². The third-order valence-corrected chi connectivity index (χ3v) is 6.07. The van der Waals surface area contributed by atoms with E-state index in [1.807, 2.05) is 12.1 Å². The first-order valence-electron chi connectivity index (χ1n) is 12.3. The lowest BCUT2D eigenvalue weighted by molar-refractivity contribution is 0.158. The number of ether oxygens (including phenoxy) is 1. The molecule has 2 aromatic rings. The molecule has 1 aliphatic heterocycles. The number of nitrogens with zero attached hydrogens (tertiary/aromatic N) is 4. The van der Waals surface area contributed by atoms with E-state index in [0.29, 0.717) is 24.7 Å². The Balaban J connectivity index is 0.00000129. The summed E-state index contributed by atoms with van der Waals surface area (Å²) in [6.45, 7) is 12.7. The van der Waals surface area contributed by atoms with Crippen molar-refractivity contribution in [3.63, 3.8) is 0 Å². The Hall–Kier alpha value is -2.69. The number of hydrogen-bond donors (Lipinski definition) is 1. The standard InChI is InChI=1S/C24H33N5O2.C3H8/c1-24(2)9-11-29(12-10-24)22-20(16-25)23(30)27-21(26-22)15-18-7-5-6-8-19(18)17-28(3)13-14-31-4;1-3-2/h5-8H,9-15,17H2,1-4H3,(H,26,27,30);3H2,1-2H3. The van der Waals surface area contributed by atoms with Gasteiger partial charge >= 0.3 is 0 Å². The first kappa shape index (κ1) is 27.6. The molecule has 2 heterocycles. The summed E-state index contributed by atoms with van der Waals surface area (Å²) in [5.41, 5.74) is 2.33. The average Bonchev–Trinajstić information content (AvgIpc) is 2.79. The highest BCUT2D eigenvalue weighted by atomic mass is 16.5. The molecule has 0 spiro atoms. The molecule has 1 saturated heterocycles. The van der Waals surface area contributed by atoms with Gasteiger partial charge in [-0.1, -0.05) is 58.4 Å². The number of benzene rings is 1. The largest absolute Gasteiger partial charge is 0.383 e. The average molecular weight is 468 g/mol. The molecule has 186 valence electrons. The van der Waals surface area contributed by atoms with E-state index in [9.17, 15) is 10.1 Å². The lowest BCUT2D eigenvalue weighted by Gasteiger charge is -2.37. The molecule has 0 radical (unpaired) electrons. The van der Waals surface area contributed by atoms with Crippen LogP contribution in [-0.2, 0) is 17.7 Å². The van der Waals surface area contributed by atoms with Crippen LogP contribution in [0.1, 0.15) is 69.5 Å². The number of H-pyrrole nitrogens is 1. The molecule has 1 aliphatic rings. The molecule has 3 rings (SSSR count). The van der Waals surface area contributed by atoms with Gasteiger partial charge in [0.15, 0.2) is 11.4 Å². The Bertz CT molecular complexity index is 999. The highest BCUT2D eigenvalue weighted by Crippen LogP contribution is 2.32. The summed E-state index contributed by atoms with van der Waals surface area (Å²) in [6.07, 6.45) is 3.79. The van der Waals surface area contributed by atoms with Crippen molar-refractivity contribution >= 4 is 5.82 Å². The second-order valence-corrected chi connectivity index (χ2v) is 9.86. The van der Waals surface area contributed by atoms with E-state index >= 15 is 0 Å². The number of likely N-dealkylation sites (N-methyl/N-ethyl adjacent to an activating group) is 1. The molecule has 1 aromatic heterocycles. The van der Waals surface area contributed by atoms with Gasteiger partial charge in [0, 0.05) is 39.7 Å². The van der Waals surface area contributed by atoms with Crippen LogP contribution < -0.4 is 10.5 Å². The quantitative estimate of drug-likeness (QED) is 0.621. The minimum Gasteiger partial charge on any atom is -0.383 e. The number of nitrogens with one attached hydrogen (secondary N) is 1. The molecule has 0 unspecified atom stereocenters. The summed E-state index contributed by atoms with van der Waals surface area (Å²) in [5.74, 6) is 1.11. The molecule has 7 heteroatoms. The van der Waals surface area contributed by atoms with Crippen LogP contribution in [0.3, 0.4) is 0 Å². The van der Waals surface area contributed by atoms with Gasteiger partial charge in [-0.3, -0.25) is 9.69 Å². The second-order valence-electron chi connectivity index (χ2n) is 9.86. The van der Waals surface area contributed by atoms with Gasteiger partial charge in [0.2, 0.25) is 0 Å². The molecular weight excluding hydrogens is 426 g/mol. The Morgan fingerprint density at radius 2 is 1.82 bits per heavy atom. The lowest BCUT2D eigenvalue weighted by atomic mass is 9.82. The maximum absolute atomic E-state index is 12.7. The van der Waals surface area contributed by atoms with Crippen LogP contribution in [0.5, 0.6) is 0 Å². The highest BCUT2D eigenvalue weighted by Gasteiger charge is 2.28. The molecule has 0 amide bonds. The second kappa shape index (κ2) is 13.3. The first-order chi connectivity index (χ1) is 16.2. The predicted molar refractivity (Wildman–Crippen MR) is 138 cm³/mol. The van der Waals surface area contributed by atoms with Gasteiger partial charge in [-0.05, 0) is 36.4 Å². The predicted octanol–water partition coefficient (Wildman–Crippen LogP) is 4.35. The SMILES string of the molecule is CCC.COCCN(C)Cc1ccccc1Cc1nc(N2CCC(C)(C)CC2)c(C#N)c(=O)[nH]1. The number of rotatable bonds is 8. The summed E-state index contributed by atoms with van der Waals surface area (Å²) >= 11 is 0. The molecule has 1 fully saturated rings. The zero-order chi connectivity index (χ0) is 25.1. The van der Waals surface area contributed by atoms with Crippen molar-refractivity contribution in [2.24, 2.45) is 5.41 Å². The summed E-state index contributed by atoms with van der Waals surface area (Å²) < 4.78 is 5.17. The van der Waals surface area contributed by atoms with Gasteiger partial charge in [0.05, 0.1) is 6.61 Å². The smallest absolute Gasteiger partial charge is 0.271 e. The van der Waals surface area contributed by atoms with E-state index in [0.717, 1.165) is 44.6 Å². The van der Waals surface area contributed by atoms with Crippen LogP contribution in [0, 0.1) is 16.7 Å². The third-order valence-electron chi connectivity index (χ3n) is 6.07. The fraction of sp³-hybridized carbons (Fsp3) is 0.593. The van der Waals surface area contributed by atoms with E-state index in [-0.39, 0.29) is 16.5 Å². The normalized spacial score (nSPS) is 14.9. The molecule has 7 nitrogen and oxygen atoms in total. The zero-order valence-corrected chi connectivity index (χ0v) is 21.8. The van der Waals surface area contributed by atoms with Crippen molar-refractivity contribution in [3.05, 3.63) is 57.1 Å². The minimum absolute atomic E-state index is 0.107. The Morgan fingerprint density at radius 1 is 1.21 bits per heavy atom. The third kappa shape index (κ3) is 7.96. The summed E-state index contributed by atoms with van der Waals surface area (Å²) in [7, 11) is 3.77. The van der Waals surface area contributed by atoms with Crippen molar-refractivity contribution in [2.45, 2.75) is 59.9 Å². The van der Waals surface area contributed by atoms with Crippen LogP contribution in [0.15, 0.2) is 29.1 Å². The van der Waals surface area contributed by atoms with E-state index < -0.39 is 0 Å². The number of anilines is 1. The first-order valence-corrected chi connectivity index (χ1v) is 12.3. The molecule has 0 aliphatic carbocycles. The molecule has 0 saturated carbocycles. The Morgan fingerprint density at radius 3 is 2.41 bits per heavy atom. The van der Waals surface area contributed by atoms with E-state index in [2.05, 4.69) is 67.7 Å². The topological polar surface area (TPSA) is 85.2 Å². The maximum atomic E-state index is 12.7. The van der Waals surface area contributed by atoms with Gasteiger partial charge in [-0.25, -0.2) is 4.98 Å². The van der Waals surface area contributed by atoms with Gasteiger partial charge in [0.25, 0.3) is 5.56 Å². The molecule has 1 aromatic carbocycles. The van der Waals surface area contributed by atoms with E-state index in [1.165, 1.54) is 12.0 Å². The van der Waals surface area contributed by atoms with Gasteiger partial charge < -0.3 is 14.6 Å². The number of methoxy groups -OCH3 is 1. The van der Waals surface area contributed by atoms with Crippen molar-refractivity contribution in [3.8, 4) is 6.07 Å². The van der Waals surface area contributed by atoms with Crippen molar-refractivity contribution < 1.29 is 4.74 Å². The zero-order valence-electron chi connectivity index (χ0n) is 21.8. The van der Waals surface area contributed by atoms with Gasteiger partial charge in [-0.2, -0.15) is 5.26 Å². The summed E-state index contributed by atoms with van der Waals surface area (Å²) in [5, 5.41) is 9.57. The number of hydrogen-bond acceptors (Lipinski definition) is 6. The maximum Gasteiger partial charge on any atom is 0.271 e. The minimum atomic E-state index is -0.359. The molecule has 0 atom stereocenters. The number of aromatic amines is 1. The number of piperidine rings is 1. The van der Waals surface area contributed by atoms with Crippen LogP contribution >= 0.6 is 0 Å². The van der Waals surface area contributed by atoms with Crippen LogP contribution in [0.2, 0.25) is 0 Å². The van der Waals surface area contributed by atoms with Gasteiger partial charge in [-0.15, -0.1) is 0 Å². The molecule has 34 heavy (non-hydrogen) atoms. The highest BCUT2D eigenvalue weighted by molar-refractivity contribution is 5.53. The van der Waals surface area contributed by atoms with Crippen molar-refractivity contribution in [1.29, 1.82) is 5.26 Å². The fourth-order valence-corrected chi connectivity index (χ4v) is 3.93. The fourth-order valence-electron chi connectivity index (χ4n) is 3.93.